The molecule has 0 aromatic heterocycles. The summed E-state index contributed by atoms with van der Waals surface area (Å²) >= 11 is 0. The van der Waals surface area contributed by atoms with E-state index in [2.05, 4.69) is 5.32 Å². The van der Waals surface area contributed by atoms with Crippen molar-refractivity contribution in [2.45, 2.75) is 6.10 Å². The number of nitrogens with one attached hydrogen (secondary N) is 1. The summed E-state index contributed by atoms with van der Waals surface area (Å²) in [4.78, 5) is 23.3. The minimum Gasteiger partial charge on any atom is -0.389 e. The van der Waals surface area contributed by atoms with Crippen LogP contribution >= 0.6 is 0 Å². The molecule has 0 bridgehead atoms. The van der Waals surface area contributed by atoms with Crippen molar-refractivity contribution >= 4 is 17.3 Å². The molecule has 18 heavy (non-hydrogen) atoms. The van der Waals surface area contributed by atoms with Crippen LogP contribution in [0.2, 0.25) is 0 Å². The van der Waals surface area contributed by atoms with E-state index in [0.29, 0.717) is 18.8 Å². The zero-order chi connectivity index (χ0) is 13.1. The first-order valence-electron chi connectivity index (χ1n) is 5.51. The number of likely N-dealkylation sites (tertiary alicyclic amines) is 1. The lowest BCUT2D eigenvalue weighted by Gasteiger charge is -2.35. The number of nitro benzene ring substituents is 1. The van der Waals surface area contributed by atoms with Crippen LogP contribution in [0, 0.1) is 10.1 Å². The van der Waals surface area contributed by atoms with Gasteiger partial charge in [0, 0.05) is 19.2 Å². The van der Waals surface area contributed by atoms with Gasteiger partial charge in [-0.1, -0.05) is 12.1 Å². The molecular formula is C11H13N3O4. The Kier molecular flexibility index (Phi) is 3.42. The molecular weight excluding hydrogens is 238 g/mol. The van der Waals surface area contributed by atoms with Gasteiger partial charge in [0.15, 0.2) is 0 Å². The fourth-order valence-electron chi connectivity index (χ4n) is 1.72. The van der Waals surface area contributed by atoms with Gasteiger partial charge in [-0.3, -0.25) is 14.9 Å². The third kappa shape index (κ3) is 2.57. The predicted molar refractivity (Wildman–Crippen MR) is 64.2 cm³/mol. The van der Waals surface area contributed by atoms with Crippen LogP contribution in [0.15, 0.2) is 24.3 Å². The maximum Gasteiger partial charge on any atom is 0.292 e. The Balaban J connectivity index is 1.94. The first-order valence-corrected chi connectivity index (χ1v) is 5.51. The number of nitrogens with zero attached hydrogens (tertiary/aromatic N) is 2. The molecule has 1 aliphatic heterocycles. The number of para-hydroxylation sites is 2. The third-order valence-electron chi connectivity index (χ3n) is 2.75. The van der Waals surface area contributed by atoms with Crippen molar-refractivity contribution in [3.8, 4) is 0 Å². The Bertz CT molecular complexity index is 471. The van der Waals surface area contributed by atoms with Gasteiger partial charge in [0.05, 0.1) is 17.6 Å². The molecule has 1 fully saturated rings. The van der Waals surface area contributed by atoms with E-state index in [0.717, 1.165) is 0 Å². The number of aliphatic hydroxyl groups is 1. The maximum absolute atomic E-state index is 11.6. The molecule has 1 aliphatic rings. The van der Waals surface area contributed by atoms with E-state index in [1.54, 1.807) is 18.2 Å². The number of carbonyl (C=O) groups is 1. The highest BCUT2D eigenvalue weighted by Gasteiger charge is 2.28. The summed E-state index contributed by atoms with van der Waals surface area (Å²) in [6.07, 6.45) is -0.444. The number of carbonyl (C=O) groups excluding carboxylic acids is 1. The van der Waals surface area contributed by atoms with E-state index in [1.807, 2.05) is 0 Å². The highest BCUT2D eigenvalue weighted by atomic mass is 16.6. The average Bonchev–Trinajstić information content (AvgIpc) is 2.32. The molecule has 2 N–H and O–H groups in total. The molecule has 1 saturated heterocycles. The monoisotopic (exact) mass is 251 g/mol. The summed E-state index contributed by atoms with van der Waals surface area (Å²) in [6, 6.07) is 6.15. The number of nitro groups is 1. The van der Waals surface area contributed by atoms with Gasteiger partial charge in [0.1, 0.15) is 5.69 Å². The molecule has 0 spiro atoms. The summed E-state index contributed by atoms with van der Waals surface area (Å²) in [5.74, 6) is -0.182. The molecule has 0 unspecified atom stereocenters. The van der Waals surface area contributed by atoms with Crippen LogP contribution in [0.1, 0.15) is 0 Å². The second-order valence-corrected chi connectivity index (χ2v) is 4.08. The number of anilines is 1. The molecule has 0 aliphatic carbocycles. The van der Waals surface area contributed by atoms with Gasteiger partial charge < -0.3 is 15.3 Å². The molecule has 7 heteroatoms. The number of hydrogen-bond donors (Lipinski definition) is 2. The fraction of sp³-hybridized carbons (Fsp3) is 0.364. The van der Waals surface area contributed by atoms with E-state index in [1.165, 1.54) is 11.0 Å². The van der Waals surface area contributed by atoms with Gasteiger partial charge in [0.2, 0.25) is 5.91 Å². The third-order valence-corrected chi connectivity index (χ3v) is 2.75. The smallest absolute Gasteiger partial charge is 0.292 e. The quantitative estimate of drug-likeness (QED) is 0.589. The summed E-state index contributed by atoms with van der Waals surface area (Å²) < 4.78 is 0. The molecule has 0 saturated carbocycles. The van der Waals surface area contributed by atoms with Gasteiger partial charge in [-0.2, -0.15) is 0 Å². The number of amides is 1. The van der Waals surface area contributed by atoms with Crippen molar-refractivity contribution in [3.63, 3.8) is 0 Å². The van der Waals surface area contributed by atoms with Crippen LogP contribution < -0.4 is 5.32 Å². The highest BCUT2D eigenvalue weighted by Crippen LogP contribution is 2.22. The van der Waals surface area contributed by atoms with Gasteiger partial charge in [-0.25, -0.2) is 0 Å². The molecule has 1 aromatic carbocycles. The normalized spacial score (nSPS) is 15.1. The summed E-state index contributed by atoms with van der Waals surface area (Å²) in [6.45, 7) is 0.645. The van der Waals surface area contributed by atoms with E-state index >= 15 is 0 Å². The second kappa shape index (κ2) is 5.01. The molecule has 7 nitrogen and oxygen atoms in total. The predicted octanol–water partition coefficient (Wildman–Crippen LogP) is 0.210. The molecule has 1 amide bonds. The molecule has 0 radical (unpaired) electrons. The van der Waals surface area contributed by atoms with E-state index in [-0.39, 0.29) is 18.1 Å². The van der Waals surface area contributed by atoms with Crippen LogP contribution in [0.25, 0.3) is 0 Å². The van der Waals surface area contributed by atoms with Crippen molar-refractivity contribution in [2.24, 2.45) is 0 Å². The lowest BCUT2D eigenvalue weighted by Crippen LogP contribution is -2.54. The van der Waals surface area contributed by atoms with Crippen LogP contribution in [0.4, 0.5) is 11.4 Å². The zero-order valence-corrected chi connectivity index (χ0v) is 9.57. The van der Waals surface area contributed by atoms with Gasteiger partial charge in [-0.15, -0.1) is 0 Å². The minimum atomic E-state index is -0.500. The zero-order valence-electron chi connectivity index (χ0n) is 9.57. The van der Waals surface area contributed by atoms with Crippen molar-refractivity contribution < 1.29 is 14.8 Å². The Morgan fingerprint density at radius 3 is 2.78 bits per heavy atom. The Morgan fingerprint density at radius 2 is 2.17 bits per heavy atom. The number of aliphatic hydroxyl groups excluding tert-OH is 1. The van der Waals surface area contributed by atoms with Crippen molar-refractivity contribution in [2.75, 3.05) is 25.0 Å². The SMILES string of the molecule is O=C(CNc1ccccc1[N+](=O)[O-])N1CC(O)C1. The minimum absolute atomic E-state index is 0.0163. The first kappa shape index (κ1) is 12.3. The van der Waals surface area contributed by atoms with Gasteiger partial charge >= 0.3 is 0 Å². The van der Waals surface area contributed by atoms with Crippen molar-refractivity contribution in [3.05, 3.63) is 34.4 Å². The molecule has 0 atom stereocenters. The van der Waals surface area contributed by atoms with Crippen LogP contribution in [0.3, 0.4) is 0 Å². The lowest BCUT2D eigenvalue weighted by atomic mass is 10.1. The number of rotatable bonds is 4. The van der Waals surface area contributed by atoms with Gasteiger partial charge in [-0.05, 0) is 6.07 Å². The molecule has 2 rings (SSSR count). The first-order chi connectivity index (χ1) is 8.58. The fourth-order valence-corrected chi connectivity index (χ4v) is 1.72. The molecule has 1 heterocycles. The van der Waals surface area contributed by atoms with E-state index in [9.17, 15) is 14.9 Å². The standard InChI is InChI=1S/C11H13N3O4/c15-8-6-13(7-8)11(16)5-12-9-3-1-2-4-10(9)14(17)18/h1-4,8,12,15H,5-7H2. The maximum atomic E-state index is 11.6. The topological polar surface area (TPSA) is 95.7 Å². The molecule has 96 valence electrons. The van der Waals surface area contributed by atoms with Crippen LogP contribution in [0.5, 0.6) is 0 Å². The van der Waals surface area contributed by atoms with Crippen LogP contribution in [-0.4, -0.2) is 46.6 Å². The number of hydrogen-bond acceptors (Lipinski definition) is 5. The van der Waals surface area contributed by atoms with Crippen LogP contribution in [-0.2, 0) is 4.79 Å². The number of β-amino-alcohol motifs (C(OH)–C–C–N with tert-alkyl or cyclic N) is 1. The van der Waals surface area contributed by atoms with Crippen molar-refractivity contribution in [1.82, 2.24) is 4.90 Å². The Hall–Kier alpha value is -2.15. The summed E-state index contributed by atoms with van der Waals surface area (Å²) in [5.41, 5.74) is 0.255. The average molecular weight is 251 g/mol. The van der Waals surface area contributed by atoms with Gasteiger partial charge in [0.25, 0.3) is 5.69 Å². The summed E-state index contributed by atoms with van der Waals surface area (Å²) in [5, 5.41) is 22.6. The largest absolute Gasteiger partial charge is 0.389 e. The Labute approximate surface area is 103 Å². The number of benzene rings is 1. The highest BCUT2D eigenvalue weighted by molar-refractivity contribution is 5.82. The van der Waals surface area contributed by atoms with Crippen molar-refractivity contribution in [1.29, 1.82) is 0 Å². The Morgan fingerprint density at radius 1 is 1.50 bits per heavy atom. The lowest BCUT2D eigenvalue weighted by molar-refractivity contribution is -0.383. The summed E-state index contributed by atoms with van der Waals surface area (Å²) in [7, 11) is 0. The van der Waals surface area contributed by atoms with E-state index in [4.69, 9.17) is 5.11 Å². The second-order valence-electron chi connectivity index (χ2n) is 4.08. The van der Waals surface area contributed by atoms with E-state index < -0.39 is 11.0 Å². The molecule has 1 aromatic rings.